The van der Waals surface area contributed by atoms with Crippen LogP contribution < -0.4 is 0 Å². The Morgan fingerprint density at radius 3 is 3.08 bits per heavy atom. The first-order valence-electron chi connectivity index (χ1n) is 4.91. The molecule has 1 saturated carbocycles. The summed E-state index contributed by atoms with van der Waals surface area (Å²) in [7, 11) is 0. The van der Waals surface area contributed by atoms with Crippen LogP contribution in [0.15, 0.2) is 23.0 Å². The van der Waals surface area contributed by atoms with E-state index in [9.17, 15) is 5.11 Å². The van der Waals surface area contributed by atoms with Crippen LogP contribution in [-0.2, 0) is 6.42 Å². The smallest absolute Gasteiger partial charge is 0.0935 e. The Labute approximate surface area is 78.6 Å². The molecule has 1 fully saturated rings. The standard InChI is InChI=1S/C11H16O2/c1-9-2-4-11(12,6-9)7-10-3-5-13-8-10/h3,5,8-9,12H,2,4,6-7H2,1H3. The Morgan fingerprint density at radius 1 is 1.69 bits per heavy atom. The third-order valence-electron chi connectivity index (χ3n) is 2.94. The fourth-order valence-electron chi connectivity index (χ4n) is 2.30. The van der Waals surface area contributed by atoms with Gasteiger partial charge in [0.2, 0.25) is 0 Å². The highest BCUT2D eigenvalue weighted by Crippen LogP contribution is 2.36. The zero-order valence-corrected chi connectivity index (χ0v) is 7.99. The highest BCUT2D eigenvalue weighted by Gasteiger charge is 2.35. The summed E-state index contributed by atoms with van der Waals surface area (Å²) in [5, 5.41) is 10.2. The first kappa shape index (κ1) is 8.82. The third kappa shape index (κ3) is 1.94. The maximum absolute atomic E-state index is 10.2. The van der Waals surface area contributed by atoms with Crippen LogP contribution in [0.2, 0.25) is 0 Å². The van der Waals surface area contributed by atoms with Crippen LogP contribution in [0.1, 0.15) is 31.7 Å². The molecule has 2 nitrogen and oxygen atoms in total. The SMILES string of the molecule is CC1CCC(O)(Cc2ccoc2)C1. The molecule has 1 N–H and O–H groups in total. The summed E-state index contributed by atoms with van der Waals surface area (Å²) in [5.41, 5.74) is 0.639. The van der Waals surface area contributed by atoms with Crippen LogP contribution >= 0.6 is 0 Å². The van der Waals surface area contributed by atoms with Crippen LogP contribution in [0, 0.1) is 5.92 Å². The zero-order valence-electron chi connectivity index (χ0n) is 7.99. The monoisotopic (exact) mass is 180 g/mol. The molecule has 0 aliphatic heterocycles. The van der Waals surface area contributed by atoms with E-state index in [-0.39, 0.29) is 0 Å². The summed E-state index contributed by atoms with van der Waals surface area (Å²) < 4.78 is 4.99. The maximum atomic E-state index is 10.2. The van der Waals surface area contributed by atoms with Crippen molar-refractivity contribution in [3.8, 4) is 0 Å². The predicted molar refractivity (Wildman–Crippen MR) is 50.4 cm³/mol. The average molecular weight is 180 g/mol. The minimum Gasteiger partial charge on any atom is -0.472 e. The van der Waals surface area contributed by atoms with Crippen molar-refractivity contribution in [1.82, 2.24) is 0 Å². The van der Waals surface area contributed by atoms with Crippen LogP contribution in [0.25, 0.3) is 0 Å². The molecule has 0 saturated heterocycles. The second-order valence-corrected chi connectivity index (χ2v) is 4.38. The van der Waals surface area contributed by atoms with Crippen molar-refractivity contribution in [1.29, 1.82) is 0 Å². The van der Waals surface area contributed by atoms with Crippen molar-refractivity contribution >= 4 is 0 Å². The van der Waals surface area contributed by atoms with E-state index in [1.54, 1.807) is 12.5 Å². The molecule has 2 heteroatoms. The fourth-order valence-corrected chi connectivity index (χ4v) is 2.30. The van der Waals surface area contributed by atoms with Gasteiger partial charge in [-0.3, -0.25) is 0 Å². The lowest BCUT2D eigenvalue weighted by Gasteiger charge is -2.21. The molecule has 1 aromatic rings. The molecule has 0 spiro atoms. The second-order valence-electron chi connectivity index (χ2n) is 4.38. The van der Waals surface area contributed by atoms with Gasteiger partial charge in [-0.1, -0.05) is 6.92 Å². The average Bonchev–Trinajstić information content (AvgIpc) is 2.62. The summed E-state index contributed by atoms with van der Waals surface area (Å²) in [6.45, 7) is 2.20. The molecule has 0 aromatic carbocycles. The molecule has 0 bridgehead atoms. The molecular weight excluding hydrogens is 164 g/mol. The predicted octanol–water partition coefficient (Wildman–Crippen LogP) is 2.37. The van der Waals surface area contributed by atoms with Crippen LogP contribution in [0.3, 0.4) is 0 Å². The number of furan rings is 1. The molecule has 1 aromatic heterocycles. The van der Waals surface area contributed by atoms with E-state index in [0.717, 1.165) is 31.2 Å². The summed E-state index contributed by atoms with van der Waals surface area (Å²) in [5.74, 6) is 0.664. The lowest BCUT2D eigenvalue weighted by Crippen LogP contribution is -2.27. The second kappa shape index (κ2) is 3.18. The van der Waals surface area contributed by atoms with Crippen LogP contribution in [0.5, 0.6) is 0 Å². The van der Waals surface area contributed by atoms with Crippen LogP contribution in [-0.4, -0.2) is 10.7 Å². The van der Waals surface area contributed by atoms with E-state index in [4.69, 9.17) is 4.42 Å². The summed E-state index contributed by atoms with van der Waals surface area (Å²) in [6.07, 6.45) is 7.14. The van der Waals surface area contributed by atoms with E-state index in [1.165, 1.54) is 0 Å². The quantitative estimate of drug-likeness (QED) is 0.758. The van der Waals surface area contributed by atoms with E-state index in [1.807, 2.05) is 6.07 Å². The van der Waals surface area contributed by atoms with Gasteiger partial charge in [0.15, 0.2) is 0 Å². The third-order valence-corrected chi connectivity index (χ3v) is 2.94. The molecule has 1 aliphatic carbocycles. The molecule has 72 valence electrons. The normalized spacial score (nSPS) is 33.8. The van der Waals surface area contributed by atoms with Gasteiger partial charge in [0, 0.05) is 6.42 Å². The van der Waals surface area contributed by atoms with Gasteiger partial charge in [-0.15, -0.1) is 0 Å². The number of rotatable bonds is 2. The van der Waals surface area contributed by atoms with Gasteiger partial charge in [0.1, 0.15) is 0 Å². The largest absolute Gasteiger partial charge is 0.472 e. The van der Waals surface area contributed by atoms with Crippen LogP contribution in [0.4, 0.5) is 0 Å². The molecule has 0 radical (unpaired) electrons. The Hall–Kier alpha value is -0.760. The number of hydrogen-bond donors (Lipinski definition) is 1. The molecule has 2 atom stereocenters. The molecule has 2 rings (SSSR count). The molecule has 13 heavy (non-hydrogen) atoms. The van der Waals surface area contributed by atoms with Gasteiger partial charge in [0.25, 0.3) is 0 Å². The van der Waals surface area contributed by atoms with Gasteiger partial charge in [0.05, 0.1) is 18.1 Å². The minimum atomic E-state index is -0.469. The maximum Gasteiger partial charge on any atom is 0.0935 e. The number of aliphatic hydroxyl groups is 1. The highest BCUT2D eigenvalue weighted by atomic mass is 16.3. The minimum absolute atomic E-state index is 0.469. The lowest BCUT2D eigenvalue weighted by atomic mass is 9.93. The van der Waals surface area contributed by atoms with Crippen molar-refractivity contribution in [2.45, 2.75) is 38.2 Å². The lowest BCUT2D eigenvalue weighted by molar-refractivity contribution is 0.0445. The molecular formula is C11H16O2. The Bertz CT molecular complexity index is 266. The summed E-state index contributed by atoms with van der Waals surface area (Å²) in [6, 6.07) is 1.93. The van der Waals surface area contributed by atoms with Gasteiger partial charge in [-0.25, -0.2) is 0 Å². The highest BCUT2D eigenvalue weighted by molar-refractivity contribution is 5.10. The fraction of sp³-hybridized carbons (Fsp3) is 0.636. The summed E-state index contributed by atoms with van der Waals surface area (Å²) >= 11 is 0. The number of hydrogen-bond acceptors (Lipinski definition) is 2. The first-order valence-corrected chi connectivity index (χ1v) is 4.91. The van der Waals surface area contributed by atoms with Crippen molar-refractivity contribution < 1.29 is 9.52 Å². The van der Waals surface area contributed by atoms with Gasteiger partial charge < -0.3 is 9.52 Å². The van der Waals surface area contributed by atoms with E-state index < -0.39 is 5.60 Å². The molecule has 2 unspecified atom stereocenters. The Balaban J connectivity index is 2.01. The summed E-state index contributed by atoms with van der Waals surface area (Å²) in [4.78, 5) is 0. The van der Waals surface area contributed by atoms with Crippen molar-refractivity contribution in [3.05, 3.63) is 24.2 Å². The van der Waals surface area contributed by atoms with Gasteiger partial charge in [-0.2, -0.15) is 0 Å². The first-order chi connectivity index (χ1) is 6.18. The zero-order chi connectivity index (χ0) is 9.31. The Morgan fingerprint density at radius 2 is 2.54 bits per heavy atom. The van der Waals surface area contributed by atoms with E-state index >= 15 is 0 Å². The van der Waals surface area contributed by atoms with Crippen molar-refractivity contribution in [2.24, 2.45) is 5.92 Å². The Kier molecular flexibility index (Phi) is 2.16. The topological polar surface area (TPSA) is 33.4 Å². The van der Waals surface area contributed by atoms with E-state index in [0.29, 0.717) is 5.92 Å². The van der Waals surface area contributed by atoms with E-state index in [2.05, 4.69) is 6.92 Å². The van der Waals surface area contributed by atoms with Crippen molar-refractivity contribution in [2.75, 3.05) is 0 Å². The molecule has 1 aliphatic rings. The van der Waals surface area contributed by atoms with Crippen molar-refractivity contribution in [3.63, 3.8) is 0 Å². The van der Waals surface area contributed by atoms with Gasteiger partial charge >= 0.3 is 0 Å². The molecule has 1 heterocycles. The van der Waals surface area contributed by atoms with Gasteiger partial charge in [-0.05, 0) is 36.8 Å². The molecule has 0 amide bonds.